The summed E-state index contributed by atoms with van der Waals surface area (Å²) >= 11 is 5.58. The van der Waals surface area contributed by atoms with Crippen molar-refractivity contribution in [1.82, 2.24) is 0 Å². The Morgan fingerprint density at radius 2 is 1.23 bits per heavy atom. The first-order chi connectivity index (χ1) is 19.8. The Labute approximate surface area is 241 Å². The highest BCUT2D eigenvalue weighted by Crippen LogP contribution is 2.31. The first-order valence-corrected chi connectivity index (χ1v) is 14.0. The molecule has 0 saturated carbocycles. The lowest BCUT2D eigenvalue weighted by Gasteiger charge is -2.21. The minimum Gasteiger partial charge on any atom is -0.489 e. The van der Waals surface area contributed by atoms with Gasteiger partial charge in [-0.3, -0.25) is 0 Å². The number of hydrogen-bond donors (Lipinski definition) is 2. The lowest BCUT2D eigenvalue weighted by atomic mass is 10.1. The van der Waals surface area contributed by atoms with Crippen LogP contribution in [0.5, 0.6) is 5.75 Å². The minimum atomic E-state index is -0.309. The van der Waals surface area contributed by atoms with E-state index in [4.69, 9.17) is 45.4 Å². The van der Waals surface area contributed by atoms with Gasteiger partial charge in [-0.15, -0.1) is 0 Å². The Bertz CT molecular complexity index is 1130. The number of ether oxygens (including phenoxy) is 7. The summed E-state index contributed by atoms with van der Waals surface area (Å²) in [5, 5.41) is 9.10. The molecule has 0 aliphatic carbocycles. The van der Waals surface area contributed by atoms with E-state index in [1.54, 1.807) is 0 Å². The molecule has 0 aromatic heterocycles. The molecule has 1 atom stereocenters. The van der Waals surface area contributed by atoms with Gasteiger partial charge in [0.1, 0.15) is 18.5 Å². The van der Waals surface area contributed by atoms with E-state index in [1.165, 1.54) is 0 Å². The number of thiocarbonyl (C=S) groups is 1. The lowest BCUT2D eigenvalue weighted by Crippen LogP contribution is -2.30. The summed E-state index contributed by atoms with van der Waals surface area (Å²) in [6, 6.07) is 21.9. The van der Waals surface area contributed by atoms with Crippen LogP contribution in [0.3, 0.4) is 0 Å². The molecule has 1 fully saturated rings. The fourth-order valence-electron chi connectivity index (χ4n) is 3.94. The van der Waals surface area contributed by atoms with Gasteiger partial charge in [-0.1, -0.05) is 42.5 Å². The highest BCUT2D eigenvalue weighted by Gasteiger charge is 2.15. The van der Waals surface area contributed by atoms with Crippen molar-refractivity contribution in [2.45, 2.75) is 6.10 Å². The highest BCUT2D eigenvalue weighted by molar-refractivity contribution is 7.80. The highest BCUT2D eigenvalue weighted by atomic mass is 32.1. The van der Waals surface area contributed by atoms with E-state index in [0.717, 1.165) is 22.1 Å². The molecule has 0 bridgehead atoms. The number of fused-ring (bicyclic) bond motifs is 1. The van der Waals surface area contributed by atoms with Crippen molar-refractivity contribution >= 4 is 39.5 Å². The van der Waals surface area contributed by atoms with E-state index < -0.39 is 0 Å². The average molecular weight is 571 g/mol. The van der Waals surface area contributed by atoms with Gasteiger partial charge in [0.2, 0.25) is 0 Å². The third kappa shape index (κ3) is 11.0. The Morgan fingerprint density at radius 3 is 1.88 bits per heavy atom. The standard InChI is InChI=1S/C30H38N2O7S/c40-30(31-26-8-2-1-3-9-26)32-28-20-24-6-4-5-7-25(24)21-29(28)39-23-27-22-37-17-16-35-13-12-33-10-11-34-14-15-36-18-19-38-27/h1-9,20-21,27H,10-19,22-23H2,(H2,31,32,40). The first-order valence-electron chi connectivity index (χ1n) is 13.6. The Morgan fingerprint density at radius 1 is 0.675 bits per heavy atom. The van der Waals surface area contributed by atoms with E-state index >= 15 is 0 Å². The second kappa shape index (κ2) is 17.8. The van der Waals surface area contributed by atoms with E-state index in [9.17, 15) is 0 Å². The van der Waals surface area contributed by atoms with Crippen LogP contribution in [0.4, 0.5) is 11.4 Å². The van der Waals surface area contributed by atoms with Crippen LogP contribution in [-0.2, 0) is 28.4 Å². The van der Waals surface area contributed by atoms with Gasteiger partial charge in [0.25, 0.3) is 0 Å². The third-order valence-electron chi connectivity index (χ3n) is 5.93. The Balaban J connectivity index is 1.38. The van der Waals surface area contributed by atoms with Crippen molar-refractivity contribution < 1.29 is 33.2 Å². The van der Waals surface area contributed by atoms with E-state index in [-0.39, 0.29) is 12.7 Å². The van der Waals surface area contributed by atoms with Gasteiger partial charge in [-0.05, 0) is 47.3 Å². The number of nitrogens with one attached hydrogen (secondary N) is 2. The number of benzene rings is 3. The molecule has 40 heavy (non-hydrogen) atoms. The van der Waals surface area contributed by atoms with Crippen LogP contribution in [0.2, 0.25) is 0 Å². The molecule has 0 amide bonds. The molecule has 4 rings (SSSR count). The van der Waals surface area contributed by atoms with Gasteiger partial charge >= 0.3 is 0 Å². The predicted octanol–water partition coefficient (Wildman–Crippen LogP) is 4.51. The third-order valence-corrected chi connectivity index (χ3v) is 6.13. The monoisotopic (exact) mass is 570 g/mol. The summed E-state index contributed by atoms with van der Waals surface area (Å²) in [6.07, 6.45) is -0.309. The zero-order valence-electron chi connectivity index (χ0n) is 22.7. The molecule has 2 N–H and O–H groups in total. The smallest absolute Gasteiger partial charge is 0.175 e. The fraction of sp³-hybridized carbons (Fsp3) is 0.433. The summed E-state index contributed by atoms with van der Waals surface area (Å²) in [7, 11) is 0. The lowest BCUT2D eigenvalue weighted by molar-refractivity contribution is -0.0710. The van der Waals surface area contributed by atoms with E-state index in [1.807, 2.05) is 54.6 Å². The van der Waals surface area contributed by atoms with Crippen molar-refractivity contribution in [3.63, 3.8) is 0 Å². The number of hydrogen-bond acceptors (Lipinski definition) is 8. The van der Waals surface area contributed by atoms with Crippen LogP contribution >= 0.6 is 12.2 Å². The molecule has 1 heterocycles. The van der Waals surface area contributed by atoms with Crippen LogP contribution in [-0.4, -0.2) is 90.5 Å². The van der Waals surface area contributed by atoms with Gasteiger partial charge < -0.3 is 43.8 Å². The molecule has 10 heteroatoms. The van der Waals surface area contributed by atoms with Gasteiger partial charge in [-0.25, -0.2) is 0 Å². The van der Waals surface area contributed by atoms with Crippen molar-refractivity contribution in [3.05, 3.63) is 66.7 Å². The molecule has 9 nitrogen and oxygen atoms in total. The van der Waals surface area contributed by atoms with Gasteiger partial charge in [0, 0.05) is 5.69 Å². The van der Waals surface area contributed by atoms with E-state index in [2.05, 4.69) is 22.8 Å². The van der Waals surface area contributed by atoms with Crippen molar-refractivity contribution in [1.29, 1.82) is 0 Å². The summed E-state index contributed by atoms with van der Waals surface area (Å²) in [6.45, 7) is 5.50. The molecular weight excluding hydrogens is 532 g/mol. The summed E-state index contributed by atoms with van der Waals surface area (Å²) in [4.78, 5) is 0. The van der Waals surface area contributed by atoms with Crippen molar-refractivity contribution in [2.24, 2.45) is 0 Å². The van der Waals surface area contributed by atoms with Crippen LogP contribution in [0.25, 0.3) is 10.8 Å². The Kier molecular flexibility index (Phi) is 13.4. The van der Waals surface area contributed by atoms with E-state index in [0.29, 0.717) is 83.5 Å². The summed E-state index contributed by atoms with van der Waals surface area (Å²) in [5.74, 6) is 0.663. The predicted molar refractivity (Wildman–Crippen MR) is 160 cm³/mol. The largest absolute Gasteiger partial charge is 0.489 e. The molecule has 1 saturated heterocycles. The molecule has 216 valence electrons. The molecular formula is C30H38N2O7S. The zero-order valence-corrected chi connectivity index (χ0v) is 23.5. The summed E-state index contributed by atoms with van der Waals surface area (Å²) < 4.78 is 40.4. The normalized spacial score (nSPS) is 18.8. The average Bonchev–Trinajstić information content (AvgIpc) is 2.97. The number of para-hydroxylation sites is 1. The van der Waals surface area contributed by atoms with Gasteiger partial charge in [0.15, 0.2) is 5.11 Å². The van der Waals surface area contributed by atoms with Crippen LogP contribution in [0.15, 0.2) is 66.7 Å². The van der Waals surface area contributed by atoms with Crippen molar-refractivity contribution in [3.8, 4) is 5.75 Å². The topological polar surface area (TPSA) is 88.7 Å². The quantitative estimate of drug-likeness (QED) is 0.427. The van der Waals surface area contributed by atoms with Gasteiger partial charge in [0.05, 0.1) is 78.4 Å². The van der Waals surface area contributed by atoms with Crippen molar-refractivity contribution in [2.75, 3.05) is 89.9 Å². The molecule has 3 aromatic rings. The SMILES string of the molecule is S=C(Nc1ccccc1)Nc1cc2ccccc2cc1OCC1COCCOCCOCCOCCOCCO1. The summed E-state index contributed by atoms with van der Waals surface area (Å²) in [5.41, 5.74) is 1.66. The Hall–Kier alpha value is -2.83. The number of anilines is 2. The molecule has 3 aromatic carbocycles. The molecule has 0 radical (unpaired) electrons. The molecule has 1 unspecified atom stereocenters. The molecule has 0 spiro atoms. The van der Waals surface area contributed by atoms with Crippen LogP contribution in [0, 0.1) is 0 Å². The zero-order chi connectivity index (χ0) is 27.7. The van der Waals surface area contributed by atoms with Crippen LogP contribution in [0.1, 0.15) is 0 Å². The first kappa shape index (κ1) is 30.1. The van der Waals surface area contributed by atoms with Crippen LogP contribution < -0.4 is 15.4 Å². The molecule has 1 aliphatic rings. The second-order valence-corrected chi connectivity index (χ2v) is 9.38. The fourth-order valence-corrected chi connectivity index (χ4v) is 4.17. The maximum absolute atomic E-state index is 6.31. The number of rotatable bonds is 5. The minimum absolute atomic E-state index is 0.281. The maximum atomic E-state index is 6.31. The molecule has 1 aliphatic heterocycles. The maximum Gasteiger partial charge on any atom is 0.175 e. The van der Waals surface area contributed by atoms with Gasteiger partial charge in [-0.2, -0.15) is 0 Å². The second-order valence-electron chi connectivity index (χ2n) is 8.97.